The van der Waals surface area contributed by atoms with Crippen LogP contribution in [-0.4, -0.2) is 23.1 Å². The predicted molar refractivity (Wildman–Crippen MR) is 108 cm³/mol. The highest BCUT2D eigenvalue weighted by molar-refractivity contribution is 7.99. The Bertz CT molecular complexity index is 693. The molecule has 0 saturated carbocycles. The van der Waals surface area contributed by atoms with E-state index in [2.05, 4.69) is 67.3 Å². The maximum absolute atomic E-state index is 12.3. The van der Waals surface area contributed by atoms with E-state index >= 15 is 0 Å². The number of nitrogens with zero attached hydrogens (tertiary/aromatic N) is 1. The van der Waals surface area contributed by atoms with Crippen molar-refractivity contribution in [1.29, 1.82) is 0 Å². The Morgan fingerprint density at radius 1 is 1.00 bits per heavy atom. The summed E-state index contributed by atoms with van der Waals surface area (Å²) >= 11 is 1.89. The fraction of sp³-hybridized carbons (Fsp3) is 0.409. The van der Waals surface area contributed by atoms with Crippen molar-refractivity contribution in [3.05, 3.63) is 59.7 Å². The fourth-order valence-electron chi connectivity index (χ4n) is 3.24. The zero-order valence-corrected chi connectivity index (χ0v) is 16.0. The van der Waals surface area contributed by atoms with Crippen molar-refractivity contribution in [3.63, 3.8) is 0 Å². The van der Waals surface area contributed by atoms with Gasteiger partial charge in [-0.25, -0.2) is 0 Å². The molecule has 1 aliphatic rings. The number of carbonyl (C=O) groups is 1. The van der Waals surface area contributed by atoms with Crippen molar-refractivity contribution < 1.29 is 4.79 Å². The first-order chi connectivity index (χ1) is 12.2. The van der Waals surface area contributed by atoms with E-state index in [-0.39, 0.29) is 5.37 Å². The molecule has 0 radical (unpaired) electrons. The van der Waals surface area contributed by atoms with E-state index in [1.807, 2.05) is 11.8 Å². The molecular weight excluding hydrogens is 326 g/mol. The lowest BCUT2D eigenvalue weighted by Crippen LogP contribution is -2.37. The van der Waals surface area contributed by atoms with Gasteiger partial charge in [0.15, 0.2) is 0 Å². The Labute approximate surface area is 155 Å². The second-order valence-electron chi connectivity index (χ2n) is 6.59. The number of unbranched alkanes of at least 4 members (excludes halogenated alkanes) is 1. The summed E-state index contributed by atoms with van der Waals surface area (Å²) in [6.07, 6.45) is 3.94. The maximum Gasteiger partial charge on any atom is 0.224 e. The average Bonchev–Trinajstić information content (AvgIpc) is 2.67. The summed E-state index contributed by atoms with van der Waals surface area (Å²) < 4.78 is 0. The molecule has 0 aliphatic carbocycles. The van der Waals surface area contributed by atoms with Crippen LogP contribution in [0.2, 0.25) is 0 Å². The molecule has 1 unspecified atom stereocenters. The van der Waals surface area contributed by atoms with Crippen LogP contribution in [0.1, 0.15) is 49.6 Å². The molecule has 0 N–H and O–H groups in total. The summed E-state index contributed by atoms with van der Waals surface area (Å²) in [7, 11) is 0. The number of thioether (sulfide) groups is 1. The topological polar surface area (TPSA) is 20.3 Å². The molecule has 0 bridgehead atoms. The average molecular weight is 354 g/mol. The molecular formula is C22H27NOS. The van der Waals surface area contributed by atoms with Crippen molar-refractivity contribution >= 4 is 17.7 Å². The van der Waals surface area contributed by atoms with Crippen LogP contribution in [0.5, 0.6) is 0 Å². The zero-order valence-electron chi connectivity index (χ0n) is 15.2. The van der Waals surface area contributed by atoms with Crippen LogP contribution in [0.25, 0.3) is 11.1 Å². The molecule has 2 aromatic rings. The quantitative estimate of drug-likeness (QED) is 0.666. The van der Waals surface area contributed by atoms with Crippen LogP contribution >= 0.6 is 11.8 Å². The Hall–Kier alpha value is -1.74. The molecule has 1 aliphatic heterocycles. The second-order valence-corrected chi connectivity index (χ2v) is 7.77. The van der Waals surface area contributed by atoms with Crippen molar-refractivity contribution in [3.8, 4) is 11.1 Å². The van der Waals surface area contributed by atoms with Gasteiger partial charge in [-0.15, -0.1) is 11.8 Å². The minimum absolute atomic E-state index is 0.171. The van der Waals surface area contributed by atoms with E-state index < -0.39 is 0 Å². The summed E-state index contributed by atoms with van der Waals surface area (Å²) in [6, 6.07) is 17.6. The number of rotatable bonds is 6. The van der Waals surface area contributed by atoms with Crippen molar-refractivity contribution in [2.45, 2.75) is 44.9 Å². The van der Waals surface area contributed by atoms with Gasteiger partial charge in [-0.3, -0.25) is 4.79 Å². The van der Waals surface area contributed by atoms with Gasteiger partial charge in [-0.05, 0) is 35.1 Å². The minimum Gasteiger partial charge on any atom is -0.327 e. The third-order valence-corrected chi connectivity index (χ3v) is 6.12. The van der Waals surface area contributed by atoms with Crippen molar-refractivity contribution in [1.82, 2.24) is 4.90 Å². The van der Waals surface area contributed by atoms with Gasteiger partial charge in [0.25, 0.3) is 0 Å². The number of hydrogen-bond acceptors (Lipinski definition) is 2. The van der Waals surface area contributed by atoms with Gasteiger partial charge in [-0.2, -0.15) is 0 Å². The molecule has 0 aromatic heterocycles. The minimum atomic E-state index is 0.171. The normalized spacial score (nSPS) is 17.8. The highest BCUT2D eigenvalue weighted by Gasteiger charge is 2.29. The van der Waals surface area contributed by atoms with E-state index in [0.29, 0.717) is 12.3 Å². The Morgan fingerprint density at radius 2 is 1.64 bits per heavy atom. The second kappa shape index (κ2) is 8.57. The van der Waals surface area contributed by atoms with Gasteiger partial charge < -0.3 is 4.90 Å². The molecule has 3 rings (SSSR count). The van der Waals surface area contributed by atoms with Crippen molar-refractivity contribution in [2.75, 3.05) is 12.3 Å². The summed E-state index contributed by atoms with van der Waals surface area (Å²) in [6.45, 7) is 5.22. The van der Waals surface area contributed by atoms with Gasteiger partial charge in [-0.1, -0.05) is 68.8 Å². The van der Waals surface area contributed by atoms with E-state index in [1.165, 1.54) is 22.3 Å². The first-order valence-electron chi connectivity index (χ1n) is 9.33. The van der Waals surface area contributed by atoms with Gasteiger partial charge in [0.2, 0.25) is 5.91 Å². The summed E-state index contributed by atoms with van der Waals surface area (Å²) in [5.41, 5.74) is 5.09. The number of hydrogen-bond donors (Lipinski definition) is 0. The van der Waals surface area contributed by atoms with Gasteiger partial charge in [0.05, 0.1) is 0 Å². The largest absolute Gasteiger partial charge is 0.327 e. The molecule has 2 aromatic carbocycles. The van der Waals surface area contributed by atoms with Gasteiger partial charge in [0.1, 0.15) is 5.37 Å². The molecule has 1 amide bonds. The number of carbonyl (C=O) groups excluding carboxylic acids is 1. The fourth-order valence-corrected chi connectivity index (χ4v) is 4.51. The van der Waals surface area contributed by atoms with Crippen molar-refractivity contribution in [2.24, 2.45) is 0 Å². The van der Waals surface area contributed by atoms with E-state index in [1.54, 1.807) is 0 Å². The number of aryl methyl sites for hydroxylation is 1. The lowest BCUT2D eigenvalue weighted by molar-refractivity contribution is -0.132. The Kier molecular flexibility index (Phi) is 6.19. The third-order valence-electron chi connectivity index (χ3n) is 4.84. The molecule has 132 valence electrons. The lowest BCUT2D eigenvalue weighted by Gasteiger charge is -2.35. The summed E-state index contributed by atoms with van der Waals surface area (Å²) in [5, 5.41) is 0.171. The molecule has 1 heterocycles. The Morgan fingerprint density at radius 3 is 2.24 bits per heavy atom. The smallest absolute Gasteiger partial charge is 0.224 e. The van der Waals surface area contributed by atoms with Crippen LogP contribution in [0.15, 0.2) is 48.5 Å². The van der Waals surface area contributed by atoms with Crippen LogP contribution in [0.4, 0.5) is 0 Å². The predicted octanol–water partition coefficient (Wildman–Crippen LogP) is 5.68. The summed E-state index contributed by atoms with van der Waals surface area (Å²) in [5.74, 6) is 1.23. The SMILES string of the molecule is CCCCN1C(=O)CCSC1c1ccc(-c2ccc(CC)cc2)cc1. The first kappa shape index (κ1) is 18.1. The molecule has 1 atom stereocenters. The van der Waals surface area contributed by atoms with Crippen LogP contribution in [0.3, 0.4) is 0 Å². The molecule has 25 heavy (non-hydrogen) atoms. The van der Waals surface area contributed by atoms with E-state index in [9.17, 15) is 4.79 Å². The molecule has 2 nitrogen and oxygen atoms in total. The Balaban J connectivity index is 1.78. The lowest BCUT2D eigenvalue weighted by atomic mass is 10.0. The van der Waals surface area contributed by atoms with E-state index in [4.69, 9.17) is 0 Å². The van der Waals surface area contributed by atoms with Crippen LogP contribution < -0.4 is 0 Å². The maximum atomic E-state index is 12.3. The van der Waals surface area contributed by atoms with Gasteiger partial charge >= 0.3 is 0 Å². The number of benzene rings is 2. The monoisotopic (exact) mass is 353 g/mol. The third kappa shape index (κ3) is 4.27. The van der Waals surface area contributed by atoms with Crippen LogP contribution in [0, 0.1) is 0 Å². The first-order valence-corrected chi connectivity index (χ1v) is 10.4. The summed E-state index contributed by atoms with van der Waals surface area (Å²) in [4.78, 5) is 14.4. The highest BCUT2D eigenvalue weighted by Crippen LogP contribution is 2.38. The number of amides is 1. The van der Waals surface area contributed by atoms with Gasteiger partial charge in [0, 0.05) is 18.7 Å². The molecule has 1 saturated heterocycles. The van der Waals surface area contributed by atoms with Crippen LogP contribution in [-0.2, 0) is 11.2 Å². The molecule has 0 spiro atoms. The highest BCUT2D eigenvalue weighted by atomic mass is 32.2. The zero-order chi connectivity index (χ0) is 17.6. The van der Waals surface area contributed by atoms with E-state index in [0.717, 1.165) is 31.6 Å². The standard InChI is InChI=1S/C22H27NOS/c1-3-5-15-23-21(24)14-16-25-22(23)20-12-10-19(11-13-20)18-8-6-17(4-2)7-9-18/h6-13,22H,3-5,14-16H2,1-2H3. The molecule has 3 heteroatoms. The molecule has 1 fully saturated rings.